The van der Waals surface area contributed by atoms with E-state index >= 15 is 4.39 Å². The summed E-state index contributed by atoms with van der Waals surface area (Å²) in [6, 6.07) is 5.58. The minimum absolute atomic E-state index is 0.143. The Morgan fingerprint density at radius 2 is 1.87 bits per heavy atom. The van der Waals surface area contributed by atoms with Crippen molar-refractivity contribution >= 4 is 18.1 Å². The number of fused-ring (bicyclic) bond motifs is 1. The molecule has 3 aliphatic carbocycles. The SMILES string of the molecule is CC(OC(=O)O[C@@H]1C[C@H](C)CC[C@H]1C(C)C)OC(=O)[C@@]1(N)[C@H]2[C@@H](C[C@H]1OCc1cccc(F)c1)[C@]2(F)C(=O)O. The fraction of sp³-hybridized carbons (Fsp3) is 0.679. The quantitative estimate of drug-likeness (QED) is 0.338. The van der Waals surface area contributed by atoms with Crippen molar-refractivity contribution in [3.63, 3.8) is 0 Å². The lowest BCUT2D eigenvalue weighted by atomic mass is 9.75. The number of carboxylic acids is 1. The van der Waals surface area contributed by atoms with Crippen molar-refractivity contribution in [2.24, 2.45) is 35.3 Å². The molecule has 0 heterocycles. The number of hydrogen-bond acceptors (Lipinski definition) is 8. The number of esters is 1. The highest BCUT2D eigenvalue weighted by atomic mass is 19.1. The van der Waals surface area contributed by atoms with Crippen molar-refractivity contribution in [1.29, 1.82) is 0 Å². The summed E-state index contributed by atoms with van der Waals surface area (Å²) >= 11 is 0. The van der Waals surface area contributed by atoms with Crippen LogP contribution in [0.1, 0.15) is 58.9 Å². The fourth-order valence-corrected chi connectivity index (χ4v) is 6.43. The molecule has 1 aromatic rings. The van der Waals surface area contributed by atoms with E-state index in [0.29, 0.717) is 23.8 Å². The van der Waals surface area contributed by atoms with Gasteiger partial charge in [-0.3, -0.25) is 0 Å². The van der Waals surface area contributed by atoms with E-state index in [-0.39, 0.29) is 25.0 Å². The van der Waals surface area contributed by atoms with E-state index in [1.165, 1.54) is 25.1 Å². The van der Waals surface area contributed by atoms with Crippen molar-refractivity contribution in [2.45, 2.75) is 89.7 Å². The Hall–Kier alpha value is -2.79. The molecule has 3 aliphatic rings. The van der Waals surface area contributed by atoms with E-state index in [0.717, 1.165) is 12.8 Å². The maximum Gasteiger partial charge on any atom is 0.511 e. The van der Waals surface area contributed by atoms with Crippen LogP contribution < -0.4 is 5.73 Å². The molecule has 3 fully saturated rings. The average Bonchev–Trinajstić information content (AvgIpc) is 3.32. The van der Waals surface area contributed by atoms with Gasteiger partial charge in [0.2, 0.25) is 12.0 Å². The van der Waals surface area contributed by atoms with Crippen molar-refractivity contribution in [3.05, 3.63) is 35.6 Å². The molecule has 0 bridgehead atoms. The molecule has 0 spiro atoms. The summed E-state index contributed by atoms with van der Waals surface area (Å²) in [6.07, 6.45) is -1.39. The number of hydrogen-bond donors (Lipinski definition) is 2. The first-order chi connectivity index (χ1) is 18.3. The van der Waals surface area contributed by atoms with Crippen molar-refractivity contribution in [2.75, 3.05) is 0 Å². The maximum absolute atomic E-state index is 15.2. The molecule has 0 aliphatic heterocycles. The number of alkyl halides is 1. The molecule has 11 heteroatoms. The highest BCUT2D eigenvalue weighted by Crippen LogP contribution is 2.67. The highest BCUT2D eigenvalue weighted by molar-refractivity contribution is 5.91. The van der Waals surface area contributed by atoms with Crippen molar-refractivity contribution in [1.82, 2.24) is 0 Å². The molecule has 0 radical (unpaired) electrons. The molecule has 0 aromatic heterocycles. The number of benzene rings is 1. The largest absolute Gasteiger partial charge is 0.511 e. The van der Waals surface area contributed by atoms with Crippen LogP contribution >= 0.6 is 0 Å². The van der Waals surface area contributed by atoms with Crippen LogP contribution in [0.5, 0.6) is 0 Å². The standard InChI is InChI=1S/C28H37F2NO8/c1-14(2)19-9-8-15(3)10-21(19)39-26(35)38-16(4)37-25(34)28(31)22(12-20-23(28)27(20,30)24(32)33)36-13-17-6-5-7-18(29)11-17/h5-7,11,14-16,19-23H,8-10,12-13,31H2,1-4H3,(H,32,33)/t15-,16?,19+,20-,21-,22-,23+,27-,28+/m1/s1. The van der Waals surface area contributed by atoms with Crippen LogP contribution in [0.15, 0.2) is 24.3 Å². The summed E-state index contributed by atoms with van der Waals surface area (Å²) in [4.78, 5) is 37.4. The summed E-state index contributed by atoms with van der Waals surface area (Å²) < 4.78 is 50.6. The molecular weight excluding hydrogens is 516 g/mol. The van der Waals surface area contributed by atoms with E-state index in [4.69, 9.17) is 24.7 Å². The number of halogens is 2. The van der Waals surface area contributed by atoms with Crippen LogP contribution in [0.25, 0.3) is 0 Å². The van der Waals surface area contributed by atoms with Gasteiger partial charge in [-0.05, 0) is 54.7 Å². The van der Waals surface area contributed by atoms with Gasteiger partial charge in [0, 0.05) is 18.8 Å². The molecule has 0 amide bonds. The van der Waals surface area contributed by atoms with Crippen molar-refractivity contribution < 1.29 is 47.2 Å². The fourth-order valence-electron chi connectivity index (χ4n) is 6.43. The third kappa shape index (κ3) is 5.61. The third-order valence-corrected chi connectivity index (χ3v) is 8.57. The van der Waals surface area contributed by atoms with Crippen LogP contribution in [-0.4, -0.2) is 52.9 Å². The molecule has 1 unspecified atom stereocenters. The Labute approximate surface area is 226 Å². The van der Waals surface area contributed by atoms with E-state index < -0.39 is 59.3 Å². The Morgan fingerprint density at radius 1 is 1.15 bits per heavy atom. The summed E-state index contributed by atoms with van der Waals surface area (Å²) in [5, 5.41) is 9.44. The highest BCUT2D eigenvalue weighted by Gasteiger charge is 2.85. The number of rotatable bonds is 9. The van der Waals surface area contributed by atoms with E-state index in [1.807, 2.05) is 0 Å². The van der Waals surface area contributed by atoms with Gasteiger partial charge in [0.25, 0.3) is 0 Å². The van der Waals surface area contributed by atoms with Gasteiger partial charge >= 0.3 is 18.1 Å². The number of carbonyl (C=O) groups excluding carboxylic acids is 2. The van der Waals surface area contributed by atoms with Crippen LogP contribution in [0, 0.1) is 35.4 Å². The third-order valence-electron chi connectivity index (χ3n) is 8.57. The second kappa shape index (κ2) is 11.0. The minimum Gasteiger partial charge on any atom is -0.479 e. The molecule has 216 valence electrons. The lowest BCUT2D eigenvalue weighted by Gasteiger charge is -2.36. The molecule has 9 atom stereocenters. The summed E-state index contributed by atoms with van der Waals surface area (Å²) in [5.41, 5.74) is 1.96. The average molecular weight is 554 g/mol. The maximum atomic E-state index is 15.2. The molecule has 3 saturated carbocycles. The summed E-state index contributed by atoms with van der Waals surface area (Å²) in [6.45, 7) is 7.36. The van der Waals surface area contributed by atoms with Gasteiger partial charge in [0.15, 0.2) is 0 Å². The Kier molecular flexibility index (Phi) is 8.23. The molecule has 0 saturated heterocycles. The first-order valence-corrected chi connectivity index (χ1v) is 13.4. The molecule has 39 heavy (non-hydrogen) atoms. The number of ether oxygens (including phenoxy) is 4. The first-order valence-electron chi connectivity index (χ1n) is 13.4. The molecule has 4 rings (SSSR count). The zero-order valence-corrected chi connectivity index (χ0v) is 22.6. The minimum atomic E-state index is -2.71. The van der Waals surface area contributed by atoms with Gasteiger partial charge in [-0.15, -0.1) is 0 Å². The number of aliphatic carboxylic acids is 1. The molecule has 1 aromatic carbocycles. The van der Waals surface area contributed by atoms with Gasteiger partial charge in [0.1, 0.15) is 17.5 Å². The van der Waals surface area contributed by atoms with Crippen LogP contribution in [-0.2, 0) is 35.1 Å². The molecular formula is C28H37F2NO8. The zero-order valence-electron chi connectivity index (χ0n) is 22.6. The predicted octanol–water partition coefficient (Wildman–Crippen LogP) is 4.35. The van der Waals surface area contributed by atoms with Gasteiger partial charge in [-0.25, -0.2) is 23.2 Å². The second-order valence-corrected chi connectivity index (χ2v) is 11.6. The van der Waals surface area contributed by atoms with Gasteiger partial charge < -0.3 is 29.8 Å². The van der Waals surface area contributed by atoms with Gasteiger partial charge in [0.05, 0.1) is 12.7 Å². The van der Waals surface area contributed by atoms with Gasteiger partial charge in [-0.1, -0.05) is 39.3 Å². The Balaban J connectivity index is 1.41. The monoisotopic (exact) mass is 553 g/mol. The van der Waals surface area contributed by atoms with E-state index in [9.17, 15) is 23.9 Å². The van der Waals surface area contributed by atoms with Crippen LogP contribution in [0.3, 0.4) is 0 Å². The van der Waals surface area contributed by atoms with Crippen molar-refractivity contribution in [3.8, 4) is 0 Å². The van der Waals surface area contributed by atoms with E-state index in [2.05, 4.69) is 20.8 Å². The summed E-state index contributed by atoms with van der Waals surface area (Å²) in [5.74, 6) is -4.97. The van der Waals surface area contributed by atoms with Gasteiger partial charge in [-0.2, -0.15) is 0 Å². The summed E-state index contributed by atoms with van der Waals surface area (Å²) in [7, 11) is 0. The Morgan fingerprint density at radius 3 is 2.51 bits per heavy atom. The lowest BCUT2D eigenvalue weighted by molar-refractivity contribution is -0.184. The lowest BCUT2D eigenvalue weighted by Crippen LogP contribution is -2.61. The zero-order chi connectivity index (χ0) is 28.7. The van der Waals surface area contributed by atoms with Crippen LogP contribution in [0.4, 0.5) is 13.6 Å². The molecule has 3 N–H and O–H groups in total. The Bertz CT molecular complexity index is 1100. The normalized spacial score (nSPS) is 36.1. The number of carboxylic acid groups (broad SMARTS) is 1. The second-order valence-electron chi connectivity index (χ2n) is 11.6. The van der Waals surface area contributed by atoms with Crippen LogP contribution in [0.2, 0.25) is 0 Å². The first kappa shape index (κ1) is 29.2. The predicted molar refractivity (Wildman–Crippen MR) is 133 cm³/mol. The smallest absolute Gasteiger partial charge is 0.479 e. The number of carbonyl (C=O) groups is 3. The topological polar surface area (TPSA) is 134 Å². The molecule has 9 nitrogen and oxygen atoms in total. The van der Waals surface area contributed by atoms with E-state index in [1.54, 1.807) is 6.07 Å². The number of nitrogens with two attached hydrogens (primary N) is 1.